The van der Waals surface area contributed by atoms with Crippen molar-refractivity contribution in [2.45, 2.75) is 6.43 Å². The van der Waals surface area contributed by atoms with E-state index in [1.165, 1.54) is 6.07 Å². The van der Waals surface area contributed by atoms with Crippen molar-refractivity contribution < 1.29 is 18.3 Å². The van der Waals surface area contributed by atoms with Crippen LogP contribution in [0.5, 0.6) is 5.75 Å². The molecule has 1 aromatic carbocycles. The normalized spacial score (nSPS) is 10.7. The molecule has 0 radical (unpaired) electrons. The van der Waals surface area contributed by atoms with Gasteiger partial charge in [0.2, 0.25) is 0 Å². The summed E-state index contributed by atoms with van der Waals surface area (Å²) in [7, 11) is 1.55. The van der Waals surface area contributed by atoms with Gasteiger partial charge in [0.1, 0.15) is 12.4 Å². The Morgan fingerprint density at radius 1 is 1.33 bits per heavy atom. The van der Waals surface area contributed by atoms with Gasteiger partial charge in [0, 0.05) is 17.1 Å². The Kier molecular flexibility index (Phi) is 4.98. The molecule has 0 aliphatic heterocycles. The molecule has 0 aliphatic rings. The summed E-state index contributed by atoms with van der Waals surface area (Å²) in [6.07, 6.45) is -2.51. The zero-order valence-electron chi connectivity index (χ0n) is 8.17. The van der Waals surface area contributed by atoms with E-state index in [1.807, 2.05) is 0 Å². The minimum absolute atomic E-state index is 0.0649. The highest BCUT2D eigenvalue weighted by atomic mass is 79.9. The van der Waals surface area contributed by atoms with Crippen LogP contribution in [0.15, 0.2) is 22.7 Å². The molecule has 2 nitrogen and oxygen atoms in total. The monoisotopic (exact) mass is 280 g/mol. The largest absolute Gasteiger partial charge is 0.491 e. The quantitative estimate of drug-likeness (QED) is 0.770. The van der Waals surface area contributed by atoms with Crippen LogP contribution in [0.3, 0.4) is 0 Å². The molecule has 0 atom stereocenters. The molecule has 84 valence electrons. The fraction of sp³-hybridized carbons (Fsp3) is 0.400. The smallest absolute Gasteiger partial charge is 0.265 e. The molecule has 0 aliphatic carbocycles. The van der Waals surface area contributed by atoms with Gasteiger partial charge in [0.25, 0.3) is 6.43 Å². The molecule has 0 bridgehead atoms. The van der Waals surface area contributed by atoms with Crippen LogP contribution in [0, 0.1) is 0 Å². The van der Waals surface area contributed by atoms with E-state index in [4.69, 9.17) is 9.47 Å². The van der Waals surface area contributed by atoms with Gasteiger partial charge in [-0.3, -0.25) is 0 Å². The summed E-state index contributed by atoms with van der Waals surface area (Å²) in [6, 6.07) is 4.50. The van der Waals surface area contributed by atoms with Crippen LogP contribution in [0.1, 0.15) is 12.0 Å². The van der Waals surface area contributed by atoms with E-state index >= 15 is 0 Å². The number of hydrogen-bond acceptors (Lipinski definition) is 2. The number of ether oxygens (including phenoxy) is 2. The second kappa shape index (κ2) is 6.02. The first-order valence-electron chi connectivity index (χ1n) is 4.34. The highest BCUT2D eigenvalue weighted by molar-refractivity contribution is 9.10. The van der Waals surface area contributed by atoms with Crippen molar-refractivity contribution in [3.63, 3.8) is 0 Å². The van der Waals surface area contributed by atoms with E-state index < -0.39 is 6.43 Å². The van der Waals surface area contributed by atoms with Crippen LogP contribution in [-0.2, 0) is 4.74 Å². The Labute approximate surface area is 95.3 Å². The number of halogens is 3. The molecule has 0 heterocycles. The lowest BCUT2D eigenvalue weighted by Gasteiger charge is -2.08. The van der Waals surface area contributed by atoms with E-state index in [9.17, 15) is 8.78 Å². The molecule has 15 heavy (non-hydrogen) atoms. The predicted molar refractivity (Wildman–Crippen MR) is 56.5 cm³/mol. The number of rotatable bonds is 5. The summed E-state index contributed by atoms with van der Waals surface area (Å²) in [4.78, 5) is 0. The second-order valence-electron chi connectivity index (χ2n) is 2.83. The molecule has 1 aromatic rings. The highest BCUT2D eigenvalue weighted by Crippen LogP contribution is 2.30. The van der Waals surface area contributed by atoms with Gasteiger partial charge in [-0.25, -0.2) is 8.78 Å². The fourth-order valence-electron chi connectivity index (χ4n) is 1.02. The molecule has 0 aromatic heterocycles. The van der Waals surface area contributed by atoms with Crippen molar-refractivity contribution >= 4 is 15.9 Å². The molecular formula is C10H11BrF2O2. The third-order valence-corrected chi connectivity index (χ3v) is 2.48. The van der Waals surface area contributed by atoms with Gasteiger partial charge in [-0.15, -0.1) is 0 Å². The number of hydrogen-bond donors (Lipinski definition) is 0. The van der Waals surface area contributed by atoms with Gasteiger partial charge >= 0.3 is 0 Å². The standard InChI is InChI=1S/C10H11BrF2O2/c1-14-4-5-15-7-2-3-9(11)8(6-7)10(12)13/h2-3,6,10H,4-5H2,1H3. The maximum atomic E-state index is 12.5. The van der Waals surface area contributed by atoms with E-state index in [0.717, 1.165) is 0 Å². The third-order valence-electron chi connectivity index (χ3n) is 1.76. The van der Waals surface area contributed by atoms with Crippen LogP contribution in [0.4, 0.5) is 8.78 Å². The lowest BCUT2D eigenvalue weighted by Crippen LogP contribution is -2.04. The molecule has 0 spiro atoms. The van der Waals surface area contributed by atoms with E-state index in [-0.39, 0.29) is 5.56 Å². The van der Waals surface area contributed by atoms with E-state index in [2.05, 4.69) is 15.9 Å². The van der Waals surface area contributed by atoms with Gasteiger partial charge in [-0.1, -0.05) is 15.9 Å². The Morgan fingerprint density at radius 3 is 2.67 bits per heavy atom. The summed E-state index contributed by atoms with van der Waals surface area (Å²) in [5.74, 6) is 0.422. The Hall–Kier alpha value is -0.680. The Morgan fingerprint density at radius 2 is 2.07 bits per heavy atom. The minimum atomic E-state index is -2.51. The molecule has 0 saturated heterocycles. The summed E-state index contributed by atoms with van der Waals surface area (Å²) >= 11 is 3.05. The summed E-state index contributed by atoms with van der Waals surface area (Å²) in [6.45, 7) is 0.779. The van der Waals surface area contributed by atoms with E-state index in [1.54, 1.807) is 19.2 Å². The summed E-state index contributed by atoms with van der Waals surface area (Å²) in [5, 5.41) is 0. The van der Waals surface area contributed by atoms with Gasteiger partial charge < -0.3 is 9.47 Å². The molecule has 0 unspecified atom stereocenters. The zero-order chi connectivity index (χ0) is 11.3. The Bertz CT molecular complexity index is 318. The highest BCUT2D eigenvalue weighted by Gasteiger charge is 2.12. The average Bonchev–Trinajstić information content (AvgIpc) is 2.20. The first kappa shape index (κ1) is 12.4. The third kappa shape index (κ3) is 3.76. The van der Waals surface area contributed by atoms with E-state index in [0.29, 0.717) is 23.4 Å². The maximum Gasteiger partial charge on any atom is 0.265 e. The van der Waals surface area contributed by atoms with Crippen molar-refractivity contribution in [3.05, 3.63) is 28.2 Å². The first-order valence-corrected chi connectivity index (χ1v) is 5.13. The van der Waals surface area contributed by atoms with Gasteiger partial charge in [0.15, 0.2) is 0 Å². The van der Waals surface area contributed by atoms with Crippen LogP contribution >= 0.6 is 15.9 Å². The fourth-order valence-corrected chi connectivity index (χ4v) is 1.44. The second-order valence-corrected chi connectivity index (χ2v) is 3.68. The maximum absolute atomic E-state index is 12.5. The van der Waals surface area contributed by atoms with Crippen molar-refractivity contribution in [2.75, 3.05) is 20.3 Å². The van der Waals surface area contributed by atoms with Gasteiger partial charge in [-0.2, -0.15) is 0 Å². The van der Waals surface area contributed by atoms with Crippen LogP contribution in [0.2, 0.25) is 0 Å². The Balaban J connectivity index is 2.70. The topological polar surface area (TPSA) is 18.5 Å². The molecule has 0 fully saturated rings. The number of methoxy groups -OCH3 is 1. The SMILES string of the molecule is COCCOc1ccc(Br)c(C(F)F)c1. The predicted octanol–water partition coefficient (Wildman–Crippen LogP) is 3.41. The summed E-state index contributed by atoms with van der Waals surface area (Å²) in [5.41, 5.74) is -0.0649. The average molecular weight is 281 g/mol. The van der Waals surface area contributed by atoms with Crippen molar-refractivity contribution in [3.8, 4) is 5.75 Å². The minimum Gasteiger partial charge on any atom is -0.491 e. The van der Waals surface area contributed by atoms with Gasteiger partial charge in [0.05, 0.1) is 6.61 Å². The summed E-state index contributed by atoms with van der Waals surface area (Å²) < 4.78 is 35.4. The lowest BCUT2D eigenvalue weighted by molar-refractivity contribution is 0.142. The molecule has 0 saturated carbocycles. The van der Waals surface area contributed by atoms with Crippen LogP contribution < -0.4 is 4.74 Å². The first-order chi connectivity index (χ1) is 7.15. The molecular weight excluding hydrogens is 270 g/mol. The zero-order valence-corrected chi connectivity index (χ0v) is 9.76. The molecule has 0 N–H and O–H groups in total. The molecule has 1 rings (SSSR count). The molecule has 0 amide bonds. The molecule has 5 heteroatoms. The number of alkyl halides is 2. The van der Waals surface area contributed by atoms with Crippen LogP contribution in [0.25, 0.3) is 0 Å². The van der Waals surface area contributed by atoms with Crippen LogP contribution in [-0.4, -0.2) is 20.3 Å². The van der Waals surface area contributed by atoms with Crippen molar-refractivity contribution in [2.24, 2.45) is 0 Å². The number of benzene rings is 1. The lowest BCUT2D eigenvalue weighted by atomic mass is 10.2. The van der Waals surface area contributed by atoms with Crippen molar-refractivity contribution in [1.82, 2.24) is 0 Å². The van der Waals surface area contributed by atoms with Gasteiger partial charge in [-0.05, 0) is 18.2 Å². The van der Waals surface area contributed by atoms with Crippen molar-refractivity contribution in [1.29, 1.82) is 0 Å².